The van der Waals surface area contributed by atoms with Gasteiger partial charge in [-0.15, -0.1) is 22.7 Å². The summed E-state index contributed by atoms with van der Waals surface area (Å²) in [5, 5.41) is 4.09. The van der Waals surface area contributed by atoms with Crippen LogP contribution in [0.25, 0.3) is 20.1 Å². The number of carbonyl (C=O) groups is 1. The highest BCUT2D eigenvalue weighted by atomic mass is 32.1. The van der Waals surface area contributed by atoms with Crippen molar-refractivity contribution in [1.29, 1.82) is 0 Å². The van der Waals surface area contributed by atoms with E-state index in [1.165, 1.54) is 28.9 Å². The zero-order chi connectivity index (χ0) is 17.2. The number of para-hydroxylation sites is 1. The van der Waals surface area contributed by atoms with Crippen molar-refractivity contribution in [2.75, 3.05) is 19.6 Å². The monoisotopic (exact) mass is 371 g/mol. The molecule has 1 saturated heterocycles. The SMILES string of the molecule is CCN1CCCC1CNC(=O)c1ccc(-c2nc3ccccc3s2)s1. The van der Waals surface area contributed by atoms with Crippen molar-refractivity contribution in [3.05, 3.63) is 41.3 Å². The molecule has 25 heavy (non-hydrogen) atoms. The topological polar surface area (TPSA) is 45.2 Å². The summed E-state index contributed by atoms with van der Waals surface area (Å²) >= 11 is 3.19. The molecule has 0 saturated carbocycles. The van der Waals surface area contributed by atoms with E-state index >= 15 is 0 Å². The number of carbonyl (C=O) groups excluding carboxylic acids is 1. The third-order valence-corrected chi connectivity index (χ3v) is 7.03. The number of hydrogen-bond acceptors (Lipinski definition) is 5. The van der Waals surface area contributed by atoms with Gasteiger partial charge in [-0.3, -0.25) is 9.69 Å². The maximum absolute atomic E-state index is 12.5. The number of nitrogens with zero attached hydrogens (tertiary/aromatic N) is 2. The second-order valence-electron chi connectivity index (χ2n) is 6.29. The van der Waals surface area contributed by atoms with E-state index in [1.807, 2.05) is 30.3 Å². The van der Waals surface area contributed by atoms with E-state index in [0.717, 1.165) is 39.9 Å². The van der Waals surface area contributed by atoms with Crippen molar-refractivity contribution in [2.45, 2.75) is 25.8 Å². The van der Waals surface area contributed by atoms with Gasteiger partial charge in [-0.25, -0.2) is 4.98 Å². The van der Waals surface area contributed by atoms with Gasteiger partial charge in [0, 0.05) is 12.6 Å². The maximum Gasteiger partial charge on any atom is 0.261 e. The van der Waals surface area contributed by atoms with E-state index in [4.69, 9.17) is 0 Å². The molecule has 0 aliphatic carbocycles. The summed E-state index contributed by atoms with van der Waals surface area (Å²) in [5.41, 5.74) is 1.02. The van der Waals surface area contributed by atoms with Crippen LogP contribution in [0.15, 0.2) is 36.4 Å². The highest BCUT2D eigenvalue weighted by Gasteiger charge is 2.23. The Bertz CT molecular complexity index is 853. The predicted octanol–water partition coefficient (Wildman–Crippen LogP) is 4.24. The van der Waals surface area contributed by atoms with Gasteiger partial charge in [0.2, 0.25) is 0 Å². The molecule has 0 spiro atoms. The van der Waals surface area contributed by atoms with Crippen LogP contribution in [0, 0.1) is 0 Å². The fraction of sp³-hybridized carbons (Fsp3) is 0.368. The molecule has 1 atom stereocenters. The number of benzene rings is 1. The van der Waals surface area contributed by atoms with E-state index in [9.17, 15) is 4.79 Å². The maximum atomic E-state index is 12.5. The summed E-state index contributed by atoms with van der Waals surface area (Å²) in [4.78, 5) is 21.4. The number of fused-ring (bicyclic) bond motifs is 1. The lowest BCUT2D eigenvalue weighted by Gasteiger charge is -2.22. The molecular formula is C19H21N3OS2. The molecule has 3 aromatic rings. The van der Waals surface area contributed by atoms with Gasteiger partial charge in [0.25, 0.3) is 5.91 Å². The van der Waals surface area contributed by atoms with Gasteiger partial charge in [-0.1, -0.05) is 19.1 Å². The van der Waals surface area contributed by atoms with Crippen LogP contribution >= 0.6 is 22.7 Å². The van der Waals surface area contributed by atoms with E-state index in [0.29, 0.717) is 6.04 Å². The predicted molar refractivity (Wildman–Crippen MR) is 106 cm³/mol. The lowest BCUT2D eigenvalue weighted by Crippen LogP contribution is -2.39. The van der Waals surface area contributed by atoms with Crippen molar-refractivity contribution in [3.63, 3.8) is 0 Å². The molecule has 0 radical (unpaired) electrons. The summed E-state index contributed by atoms with van der Waals surface area (Å²) in [6.45, 7) is 5.13. The molecule has 4 nitrogen and oxygen atoms in total. The summed E-state index contributed by atoms with van der Waals surface area (Å²) in [5.74, 6) is 0.0281. The minimum Gasteiger partial charge on any atom is -0.350 e. The number of thiophene rings is 1. The van der Waals surface area contributed by atoms with Crippen LogP contribution in [0.1, 0.15) is 29.4 Å². The molecule has 1 unspecified atom stereocenters. The van der Waals surface area contributed by atoms with Gasteiger partial charge in [-0.2, -0.15) is 0 Å². The van der Waals surface area contributed by atoms with Crippen molar-refractivity contribution in [1.82, 2.24) is 15.2 Å². The first-order valence-corrected chi connectivity index (χ1v) is 10.4. The summed E-state index contributed by atoms with van der Waals surface area (Å²) < 4.78 is 1.18. The standard InChI is InChI=1S/C19H21N3OS2/c1-2-22-11-5-6-13(22)12-20-18(23)16-9-10-17(24-16)19-21-14-7-3-4-8-15(14)25-19/h3-4,7-10,13H,2,5-6,11-12H2,1H3,(H,20,23). The molecule has 1 aromatic carbocycles. The minimum atomic E-state index is 0.0281. The average molecular weight is 372 g/mol. The van der Waals surface area contributed by atoms with E-state index < -0.39 is 0 Å². The number of aromatic nitrogens is 1. The van der Waals surface area contributed by atoms with Crippen LogP contribution in [0.2, 0.25) is 0 Å². The van der Waals surface area contributed by atoms with Crippen molar-refractivity contribution in [3.8, 4) is 9.88 Å². The molecule has 1 fully saturated rings. The molecule has 0 bridgehead atoms. The van der Waals surface area contributed by atoms with Gasteiger partial charge >= 0.3 is 0 Å². The minimum absolute atomic E-state index is 0.0281. The van der Waals surface area contributed by atoms with Gasteiger partial charge in [0.1, 0.15) is 5.01 Å². The Morgan fingerprint density at radius 2 is 2.16 bits per heavy atom. The number of hydrogen-bond donors (Lipinski definition) is 1. The third-order valence-electron chi connectivity index (χ3n) is 4.74. The van der Waals surface area contributed by atoms with Gasteiger partial charge in [0.05, 0.1) is 20.0 Å². The molecule has 6 heteroatoms. The van der Waals surface area contributed by atoms with Crippen LogP contribution in [-0.2, 0) is 0 Å². The number of likely N-dealkylation sites (N-methyl/N-ethyl adjacent to an activating group) is 1. The van der Waals surface area contributed by atoms with Gasteiger partial charge in [0.15, 0.2) is 0 Å². The number of likely N-dealkylation sites (tertiary alicyclic amines) is 1. The largest absolute Gasteiger partial charge is 0.350 e. The number of thiazole rings is 1. The lowest BCUT2D eigenvalue weighted by molar-refractivity contribution is 0.0945. The molecule has 3 heterocycles. The average Bonchev–Trinajstić information content (AvgIpc) is 3.37. The Labute approximate surface area is 155 Å². The second kappa shape index (κ2) is 7.23. The Kier molecular flexibility index (Phi) is 4.83. The number of nitrogens with one attached hydrogen (secondary N) is 1. The van der Waals surface area contributed by atoms with Gasteiger partial charge in [-0.05, 0) is 50.2 Å². The van der Waals surface area contributed by atoms with Crippen LogP contribution in [0.3, 0.4) is 0 Å². The first-order chi connectivity index (χ1) is 12.2. The quantitative estimate of drug-likeness (QED) is 0.730. The smallest absolute Gasteiger partial charge is 0.261 e. The van der Waals surface area contributed by atoms with E-state index in [1.54, 1.807) is 11.3 Å². The van der Waals surface area contributed by atoms with E-state index in [2.05, 4.69) is 28.2 Å². The molecule has 130 valence electrons. The van der Waals surface area contributed by atoms with Crippen LogP contribution in [0.4, 0.5) is 0 Å². The van der Waals surface area contributed by atoms with Crippen molar-refractivity contribution < 1.29 is 4.79 Å². The molecule has 2 aromatic heterocycles. The fourth-order valence-electron chi connectivity index (χ4n) is 3.39. The molecule has 1 aliphatic heterocycles. The zero-order valence-electron chi connectivity index (χ0n) is 14.2. The Hall–Kier alpha value is -1.76. The number of amides is 1. The molecule has 1 aliphatic rings. The summed E-state index contributed by atoms with van der Waals surface area (Å²) in [6, 6.07) is 12.5. The second-order valence-corrected chi connectivity index (χ2v) is 8.40. The fourth-order valence-corrected chi connectivity index (χ4v) is 5.34. The normalized spacial score (nSPS) is 18.0. The molecule has 1 N–H and O–H groups in total. The highest BCUT2D eigenvalue weighted by Crippen LogP contribution is 2.34. The Morgan fingerprint density at radius 1 is 1.28 bits per heavy atom. The Balaban J connectivity index is 1.44. The lowest BCUT2D eigenvalue weighted by atomic mass is 10.2. The van der Waals surface area contributed by atoms with Gasteiger partial charge < -0.3 is 5.32 Å². The molecular weight excluding hydrogens is 350 g/mol. The van der Waals surface area contributed by atoms with Crippen molar-refractivity contribution in [2.24, 2.45) is 0 Å². The highest BCUT2D eigenvalue weighted by molar-refractivity contribution is 7.26. The van der Waals surface area contributed by atoms with Crippen molar-refractivity contribution >= 4 is 38.8 Å². The summed E-state index contributed by atoms with van der Waals surface area (Å²) in [6.07, 6.45) is 2.41. The molecule has 4 rings (SSSR count). The zero-order valence-corrected chi connectivity index (χ0v) is 15.8. The van der Waals surface area contributed by atoms with Crippen LogP contribution < -0.4 is 5.32 Å². The van der Waals surface area contributed by atoms with E-state index in [-0.39, 0.29) is 5.91 Å². The van der Waals surface area contributed by atoms with Crippen LogP contribution in [0.5, 0.6) is 0 Å². The first kappa shape index (κ1) is 16.7. The summed E-state index contributed by atoms with van der Waals surface area (Å²) in [7, 11) is 0. The molecule has 1 amide bonds. The number of rotatable bonds is 5. The van der Waals surface area contributed by atoms with Crippen LogP contribution in [-0.4, -0.2) is 41.5 Å². The third kappa shape index (κ3) is 3.47. The Morgan fingerprint density at radius 3 is 3.00 bits per heavy atom. The first-order valence-electron chi connectivity index (χ1n) is 8.72.